The lowest BCUT2D eigenvalue weighted by Gasteiger charge is -2.01. The Morgan fingerprint density at radius 1 is 1.44 bits per heavy atom. The van der Waals surface area contributed by atoms with Gasteiger partial charge in [0.25, 0.3) is 0 Å². The Bertz CT molecular complexity index is 479. The van der Waals surface area contributed by atoms with Gasteiger partial charge in [-0.15, -0.1) is 5.10 Å². The second kappa shape index (κ2) is 4.75. The smallest absolute Gasteiger partial charge is 0.209 e. The number of nitrogens with zero attached hydrogens (tertiary/aromatic N) is 6. The summed E-state index contributed by atoms with van der Waals surface area (Å²) in [6.45, 7) is 1.88. The van der Waals surface area contributed by atoms with E-state index in [1.54, 1.807) is 17.8 Å². The molecule has 0 atom stereocenters. The van der Waals surface area contributed by atoms with E-state index >= 15 is 0 Å². The average molecular weight is 257 g/mol. The molecule has 2 aromatic rings. The monoisotopic (exact) mass is 256 g/mol. The summed E-state index contributed by atoms with van der Waals surface area (Å²) in [5.41, 5.74) is 0.853. The van der Waals surface area contributed by atoms with Gasteiger partial charge >= 0.3 is 0 Å². The first-order chi connectivity index (χ1) is 7.65. The fourth-order valence-electron chi connectivity index (χ4n) is 1.13. The van der Waals surface area contributed by atoms with Crippen molar-refractivity contribution >= 4 is 23.4 Å². The first kappa shape index (κ1) is 11.3. The number of hydrogen-bond donors (Lipinski definition) is 0. The molecule has 0 saturated heterocycles. The predicted octanol–water partition coefficient (Wildman–Crippen LogP) is 1.25. The van der Waals surface area contributed by atoms with E-state index in [9.17, 15) is 0 Å². The Morgan fingerprint density at radius 3 is 2.88 bits per heavy atom. The highest BCUT2D eigenvalue weighted by atomic mass is 35.5. The maximum Gasteiger partial charge on any atom is 0.209 e. The van der Waals surface area contributed by atoms with Crippen molar-refractivity contribution in [2.45, 2.75) is 17.8 Å². The number of halogens is 1. The summed E-state index contributed by atoms with van der Waals surface area (Å²) in [6, 6.07) is 1.72. The molecule has 0 amide bonds. The van der Waals surface area contributed by atoms with Crippen LogP contribution in [0.4, 0.5) is 0 Å². The number of rotatable bonds is 3. The SMILES string of the molecule is Cc1cc(Cl)nc(CSc2nnnn2C)n1. The van der Waals surface area contributed by atoms with Crippen LogP contribution in [0.15, 0.2) is 11.2 Å². The van der Waals surface area contributed by atoms with Crippen LogP contribution in [0.25, 0.3) is 0 Å². The van der Waals surface area contributed by atoms with Gasteiger partial charge in [-0.05, 0) is 23.4 Å². The number of thioether (sulfide) groups is 1. The highest BCUT2D eigenvalue weighted by Gasteiger charge is 2.06. The molecule has 0 aromatic carbocycles. The number of aromatic nitrogens is 6. The zero-order valence-electron chi connectivity index (χ0n) is 8.75. The van der Waals surface area contributed by atoms with Gasteiger partial charge in [-0.3, -0.25) is 0 Å². The molecule has 0 bridgehead atoms. The van der Waals surface area contributed by atoms with Crippen LogP contribution in [-0.2, 0) is 12.8 Å². The largest absolute Gasteiger partial charge is 0.237 e. The van der Waals surface area contributed by atoms with E-state index in [0.717, 1.165) is 10.9 Å². The van der Waals surface area contributed by atoms with E-state index in [1.165, 1.54) is 11.8 Å². The molecule has 0 fully saturated rings. The second-order valence-corrected chi connectivity index (χ2v) is 4.45. The molecular formula is C8H9ClN6S. The quantitative estimate of drug-likeness (QED) is 0.608. The van der Waals surface area contributed by atoms with Crippen molar-refractivity contribution in [1.29, 1.82) is 0 Å². The van der Waals surface area contributed by atoms with Gasteiger partial charge < -0.3 is 0 Å². The maximum absolute atomic E-state index is 5.84. The van der Waals surface area contributed by atoms with Crippen LogP contribution in [0.1, 0.15) is 11.5 Å². The van der Waals surface area contributed by atoms with E-state index in [-0.39, 0.29) is 0 Å². The lowest BCUT2D eigenvalue weighted by Crippen LogP contribution is -1.97. The molecule has 0 spiro atoms. The van der Waals surface area contributed by atoms with Crippen molar-refractivity contribution < 1.29 is 0 Å². The Hall–Kier alpha value is -1.21. The number of hydrogen-bond acceptors (Lipinski definition) is 6. The van der Waals surface area contributed by atoms with Gasteiger partial charge in [-0.1, -0.05) is 23.4 Å². The van der Waals surface area contributed by atoms with Gasteiger partial charge in [-0.2, -0.15) is 0 Å². The lowest BCUT2D eigenvalue weighted by molar-refractivity contribution is 0.664. The fraction of sp³-hybridized carbons (Fsp3) is 0.375. The molecular weight excluding hydrogens is 248 g/mol. The summed E-state index contributed by atoms with van der Waals surface area (Å²) in [5.74, 6) is 1.27. The van der Waals surface area contributed by atoms with Gasteiger partial charge in [0.1, 0.15) is 11.0 Å². The third kappa shape index (κ3) is 2.67. The minimum atomic E-state index is 0.458. The molecule has 0 aliphatic carbocycles. The fourth-order valence-corrected chi connectivity index (χ4v) is 2.09. The van der Waals surface area contributed by atoms with E-state index in [4.69, 9.17) is 11.6 Å². The summed E-state index contributed by atoms with van der Waals surface area (Å²) in [4.78, 5) is 8.39. The van der Waals surface area contributed by atoms with Crippen molar-refractivity contribution in [2.24, 2.45) is 7.05 Å². The zero-order valence-corrected chi connectivity index (χ0v) is 10.3. The second-order valence-electron chi connectivity index (χ2n) is 3.12. The van der Waals surface area contributed by atoms with E-state index < -0.39 is 0 Å². The molecule has 84 valence electrons. The molecule has 0 N–H and O–H groups in total. The van der Waals surface area contributed by atoms with Crippen molar-refractivity contribution in [1.82, 2.24) is 30.2 Å². The van der Waals surface area contributed by atoms with Crippen molar-refractivity contribution in [3.63, 3.8) is 0 Å². The van der Waals surface area contributed by atoms with Crippen molar-refractivity contribution in [2.75, 3.05) is 0 Å². The Balaban J connectivity index is 2.07. The van der Waals surface area contributed by atoms with Crippen LogP contribution in [0.5, 0.6) is 0 Å². The highest BCUT2D eigenvalue weighted by Crippen LogP contribution is 2.18. The van der Waals surface area contributed by atoms with Gasteiger partial charge in [-0.25, -0.2) is 14.6 Å². The summed E-state index contributed by atoms with van der Waals surface area (Å²) in [6.07, 6.45) is 0. The van der Waals surface area contributed by atoms with Crippen LogP contribution in [0.3, 0.4) is 0 Å². The molecule has 16 heavy (non-hydrogen) atoms. The van der Waals surface area contributed by atoms with Crippen LogP contribution in [0, 0.1) is 6.92 Å². The molecule has 6 nitrogen and oxygen atoms in total. The van der Waals surface area contributed by atoms with Crippen molar-refractivity contribution in [3.8, 4) is 0 Å². The van der Waals surface area contributed by atoms with Crippen LogP contribution in [-0.4, -0.2) is 30.2 Å². The Morgan fingerprint density at radius 2 is 2.25 bits per heavy atom. The van der Waals surface area contributed by atoms with E-state index in [1.807, 2.05) is 6.92 Å². The Labute approximate surface area is 101 Å². The van der Waals surface area contributed by atoms with Crippen molar-refractivity contribution in [3.05, 3.63) is 22.7 Å². The Kier molecular flexibility index (Phi) is 3.35. The molecule has 0 aliphatic heterocycles. The molecule has 0 radical (unpaired) electrons. The van der Waals surface area contributed by atoms with Gasteiger partial charge in [0.2, 0.25) is 5.16 Å². The van der Waals surface area contributed by atoms with E-state index in [0.29, 0.717) is 16.7 Å². The minimum Gasteiger partial charge on any atom is -0.237 e. The van der Waals surface area contributed by atoms with Gasteiger partial charge in [0.05, 0.1) is 5.75 Å². The molecule has 0 saturated carbocycles. The van der Waals surface area contributed by atoms with Gasteiger partial charge in [0, 0.05) is 12.7 Å². The molecule has 2 rings (SSSR count). The first-order valence-electron chi connectivity index (χ1n) is 4.50. The lowest BCUT2D eigenvalue weighted by atomic mass is 10.4. The minimum absolute atomic E-state index is 0.458. The topological polar surface area (TPSA) is 69.4 Å². The normalized spacial score (nSPS) is 10.7. The first-order valence-corrected chi connectivity index (χ1v) is 5.87. The third-order valence-corrected chi connectivity index (χ3v) is 2.98. The zero-order chi connectivity index (χ0) is 11.5. The highest BCUT2D eigenvalue weighted by molar-refractivity contribution is 7.98. The maximum atomic E-state index is 5.84. The molecule has 2 aromatic heterocycles. The van der Waals surface area contributed by atoms with Crippen LogP contribution >= 0.6 is 23.4 Å². The van der Waals surface area contributed by atoms with Gasteiger partial charge in [0.15, 0.2) is 0 Å². The molecule has 0 unspecified atom stereocenters. The molecule has 0 aliphatic rings. The third-order valence-electron chi connectivity index (χ3n) is 1.78. The van der Waals surface area contributed by atoms with Crippen LogP contribution < -0.4 is 0 Å². The molecule has 8 heteroatoms. The predicted molar refractivity (Wildman–Crippen MR) is 60.1 cm³/mol. The van der Waals surface area contributed by atoms with E-state index in [2.05, 4.69) is 25.5 Å². The average Bonchev–Trinajstić information content (AvgIpc) is 2.59. The molecule has 2 heterocycles. The standard InChI is InChI=1S/C8H9ClN6S/c1-5-3-6(9)11-7(10-5)4-16-8-12-13-14-15(8)2/h3H,4H2,1-2H3. The number of tetrazole rings is 1. The summed E-state index contributed by atoms with van der Waals surface area (Å²) in [5, 5.41) is 12.3. The summed E-state index contributed by atoms with van der Waals surface area (Å²) >= 11 is 7.30. The summed E-state index contributed by atoms with van der Waals surface area (Å²) < 4.78 is 1.60. The number of aryl methyl sites for hydroxylation is 2. The van der Waals surface area contributed by atoms with Crippen LogP contribution in [0.2, 0.25) is 5.15 Å². The summed E-state index contributed by atoms with van der Waals surface area (Å²) in [7, 11) is 1.78.